The summed E-state index contributed by atoms with van der Waals surface area (Å²) in [6, 6.07) is 0. The zero-order chi connectivity index (χ0) is 11.9. The van der Waals surface area contributed by atoms with Crippen LogP contribution in [0.2, 0.25) is 0 Å². The number of fused-ring (bicyclic) bond motifs is 1. The molecule has 2 aliphatic rings. The highest BCUT2D eigenvalue weighted by atomic mass is 16.3. The Morgan fingerprint density at radius 1 is 1.19 bits per heavy atom. The second kappa shape index (κ2) is 4.52. The highest BCUT2D eigenvalue weighted by Gasteiger charge is 2.42. The Bertz CT molecular complexity index is 288. The van der Waals surface area contributed by atoms with Crippen molar-refractivity contribution < 1.29 is 5.11 Å². The summed E-state index contributed by atoms with van der Waals surface area (Å²) in [5, 5.41) is 10.3. The van der Waals surface area contributed by atoms with E-state index in [2.05, 4.69) is 27.7 Å². The van der Waals surface area contributed by atoms with Gasteiger partial charge in [0.15, 0.2) is 0 Å². The molecule has 0 heterocycles. The first-order valence-electron chi connectivity index (χ1n) is 6.85. The molecule has 0 aromatic rings. The van der Waals surface area contributed by atoms with Crippen LogP contribution in [0.25, 0.3) is 0 Å². The largest absolute Gasteiger partial charge is 0.393 e. The van der Waals surface area contributed by atoms with Crippen LogP contribution in [-0.2, 0) is 0 Å². The first-order valence-corrected chi connectivity index (χ1v) is 6.85. The SMILES string of the molecule is CC(C)=C1CCC(C)C2C(O)CC(C)CC12. The van der Waals surface area contributed by atoms with E-state index in [0.29, 0.717) is 23.7 Å². The minimum Gasteiger partial charge on any atom is -0.393 e. The van der Waals surface area contributed by atoms with Gasteiger partial charge in [0.05, 0.1) is 6.10 Å². The molecule has 5 atom stereocenters. The van der Waals surface area contributed by atoms with E-state index in [0.717, 1.165) is 6.42 Å². The van der Waals surface area contributed by atoms with Crippen LogP contribution < -0.4 is 0 Å². The van der Waals surface area contributed by atoms with Crippen molar-refractivity contribution in [3.8, 4) is 0 Å². The molecule has 0 radical (unpaired) electrons. The first kappa shape index (κ1) is 12.2. The molecule has 0 bridgehead atoms. The van der Waals surface area contributed by atoms with Crippen LogP contribution in [0, 0.1) is 23.7 Å². The molecule has 0 aromatic carbocycles. The fourth-order valence-corrected chi connectivity index (χ4v) is 4.06. The third-order valence-corrected chi connectivity index (χ3v) is 4.82. The molecule has 5 unspecified atom stereocenters. The summed E-state index contributed by atoms with van der Waals surface area (Å²) in [7, 11) is 0. The maximum atomic E-state index is 10.3. The maximum Gasteiger partial charge on any atom is 0.0579 e. The standard InChI is InChI=1S/C15H26O/c1-9(2)12-6-5-11(4)15-13(12)7-10(3)8-14(15)16/h10-11,13-16H,5-8H2,1-4H3. The molecule has 0 aliphatic heterocycles. The van der Waals surface area contributed by atoms with E-state index < -0.39 is 0 Å². The predicted molar refractivity (Wildman–Crippen MR) is 68.2 cm³/mol. The smallest absolute Gasteiger partial charge is 0.0579 e. The Morgan fingerprint density at radius 2 is 1.88 bits per heavy atom. The van der Waals surface area contributed by atoms with Crippen molar-refractivity contribution in [1.82, 2.24) is 0 Å². The van der Waals surface area contributed by atoms with Crippen molar-refractivity contribution in [3.63, 3.8) is 0 Å². The van der Waals surface area contributed by atoms with Crippen LogP contribution in [0.1, 0.15) is 53.4 Å². The summed E-state index contributed by atoms with van der Waals surface area (Å²) in [5.74, 6) is 2.61. The number of hydrogen-bond donors (Lipinski definition) is 1. The van der Waals surface area contributed by atoms with Crippen LogP contribution in [0.4, 0.5) is 0 Å². The lowest BCUT2D eigenvalue weighted by molar-refractivity contribution is -0.0182. The van der Waals surface area contributed by atoms with Gasteiger partial charge >= 0.3 is 0 Å². The van der Waals surface area contributed by atoms with Crippen molar-refractivity contribution >= 4 is 0 Å². The van der Waals surface area contributed by atoms with E-state index in [9.17, 15) is 5.11 Å². The summed E-state index contributed by atoms with van der Waals surface area (Å²) >= 11 is 0. The number of hydrogen-bond acceptors (Lipinski definition) is 1. The molecule has 92 valence electrons. The number of aliphatic hydroxyl groups excluding tert-OH is 1. The van der Waals surface area contributed by atoms with Gasteiger partial charge in [-0.15, -0.1) is 0 Å². The fraction of sp³-hybridized carbons (Fsp3) is 0.867. The lowest BCUT2D eigenvalue weighted by atomic mass is 9.60. The van der Waals surface area contributed by atoms with Crippen molar-refractivity contribution in [1.29, 1.82) is 0 Å². The molecule has 1 N–H and O–H groups in total. The second-order valence-corrected chi connectivity index (χ2v) is 6.37. The maximum absolute atomic E-state index is 10.3. The Kier molecular flexibility index (Phi) is 3.44. The van der Waals surface area contributed by atoms with Crippen molar-refractivity contribution in [2.45, 2.75) is 59.5 Å². The van der Waals surface area contributed by atoms with Crippen LogP contribution >= 0.6 is 0 Å². The van der Waals surface area contributed by atoms with E-state index in [1.54, 1.807) is 5.57 Å². The summed E-state index contributed by atoms with van der Waals surface area (Å²) in [6.07, 6.45) is 4.80. The van der Waals surface area contributed by atoms with Gasteiger partial charge in [-0.05, 0) is 63.2 Å². The normalized spacial score (nSPS) is 44.1. The van der Waals surface area contributed by atoms with Gasteiger partial charge in [0.1, 0.15) is 0 Å². The van der Waals surface area contributed by atoms with Gasteiger partial charge in [0.25, 0.3) is 0 Å². The Hall–Kier alpha value is -0.300. The molecule has 0 saturated heterocycles. The summed E-state index contributed by atoms with van der Waals surface area (Å²) in [6.45, 7) is 9.11. The molecular weight excluding hydrogens is 196 g/mol. The molecule has 2 saturated carbocycles. The van der Waals surface area contributed by atoms with Crippen LogP contribution in [-0.4, -0.2) is 11.2 Å². The Labute approximate surface area is 99.9 Å². The lowest BCUT2D eigenvalue weighted by Gasteiger charge is -2.47. The Balaban J connectivity index is 2.28. The zero-order valence-corrected chi connectivity index (χ0v) is 11.2. The monoisotopic (exact) mass is 222 g/mol. The molecule has 16 heavy (non-hydrogen) atoms. The van der Waals surface area contributed by atoms with Crippen molar-refractivity contribution in [2.75, 3.05) is 0 Å². The Morgan fingerprint density at radius 3 is 2.50 bits per heavy atom. The van der Waals surface area contributed by atoms with E-state index in [1.165, 1.54) is 24.8 Å². The van der Waals surface area contributed by atoms with Gasteiger partial charge < -0.3 is 5.11 Å². The highest BCUT2D eigenvalue weighted by molar-refractivity contribution is 5.19. The van der Waals surface area contributed by atoms with Crippen molar-refractivity contribution in [2.24, 2.45) is 23.7 Å². The van der Waals surface area contributed by atoms with Crippen LogP contribution in [0.15, 0.2) is 11.1 Å². The highest BCUT2D eigenvalue weighted by Crippen LogP contribution is 2.48. The quantitative estimate of drug-likeness (QED) is 0.618. The predicted octanol–water partition coefficient (Wildman–Crippen LogP) is 3.78. The van der Waals surface area contributed by atoms with Crippen LogP contribution in [0.3, 0.4) is 0 Å². The average molecular weight is 222 g/mol. The van der Waals surface area contributed by atoms with E-state index >= 15 is 0 Å². The summed E-state index contributed by atoms with van der Waals surface area (Å²) in [5.41, 5.74) is 3.16. The molecule has 0 aromatic heterocycles. The molecule has 2 aliphatic carbocycles. The average Bonchev–Trinajstić information content (AvgIpc) is 2.15. The topological polar surface area (TPSA) is 20.2 Å². The zero-order valence-electron chi connectivity index (χ0n) is 11.2. The van der Waals surface area contributed by atoms with E-state index in [-0.39, 0.29) is 6.10 Å². The summed E-state index contributed by atoms with van der Waals surface area (Å²) < 4.78 is 0. The first-order chi connectivity index (χ1) is 7.50. The lowest BCUT2D eigenvalue weighted by Crippen LogP contribution is -2.43. The molecule has 2 rings (SSSR count). The van der Waals surface area contributed by atoms with Gasteiger partial charge in [-0.3, -0.25) is 0 Å². The third kappa shape index (κ3) is 2.07. The van der Waals surface area contributed by atoms with Crippen LogP contribution in [0.5, 0.6) is 0 Å². The number of aliphatic hydroxyl groups is 1. The van der Waals surface area contributed by atoms with Gasteiger partial charge in [0, 0.05) is 0 Å². The minimum atomic E-state index is -0.0570. The molecule has 1 heteroatoms. The van der Waals surface area contributed by atoms with Crippen molar-refractivity contribution in [3.05, 3.63) is 11.1 Å². The fourth-order valence-electron chi connectivity index (χ4n) is 4.06. The third-order valence-electron chi connectivity index (χ3n) is 4.82. The molecule has 1 nitrogen and oxygen atoms in total. The molecule has 0 spiro atoms. The molecule has 0 amide bonds. The number of rotatable bonds is 0. The number of allylic oxidation sites excluding steroid dienone is 2. The van der Waals surface area contributed by atoms with Gasteiger partial charge in [-0.2, -0.15) is 0 Å². The van der Waals surface area contributed by atoms with Gasteiger partial charge in [-0.1, -0.05) is 25.0 Å². The summed E-state index contributed by atoms with van der Waals surface area (Å²) in [4.78, 5) is 0. The molecular formula is C15H26O. The van der Waals surface area contributed by atoms with E-state index in [1.807, 2.05) is 0 Å². The van der Waals surface area contributed by atoms with E-state index in [4.69, 9.17) is 0 Å². The van der Waals surface area contributed by atoms with Gasteiger partial charge in [0.2, 0.25) is 0 Å². The minimum absolute atomic E-state index is 0.0570. The molecule has 2 fully saturated rings. The van der Waals surface area contributed by atoms with Gasteiger partial charge in [-0.25, -0.2) is 0 Å². The second-order valence-electron chi connectivity index (χ2n) is 6.37.